The van der Waals surface area contributed by atoms with Crippen molar-refractivity contribution in [1.82, 2.24) is 9.62 Å². The summed E-state index contributed by atoms with van der Waals surface area (Å²) in [6.45, 7) is 5.20. The van der Waals surface area contributed by atoms with Gasteiger partial charge in [-0.25, -0.2) is 8.42 Å². The molecule has 25 heavy (non-hydrogen) atoms. The summed E-state index contributed by atoms with van der Waals surface area (Å²) in [5, 5.41) is 11.8. The van der Waals surface area contributed by atoms with Crippen molar-refractivity contribution >= 4 is 27.6 Å². The van der Waals surface area contributed by atoms with Gasteiger partial charge < -0.3 is 10.4 Å². The second-order valence-electron chi connectivity index (χ2n) is 6.74. The van der Waals surface area contributed by atoms with Crippen molar-refractivity contribution in [3.8, 4) is 0 Å². The van der Waals surface area contributed by atoms with E-state index in [1.807, 2.05) is 19.9 Å². The quantitative estimate of drug-likeness (QED) is 0.749. The first-order chi connectivity index (χ1) is 11.7. The number of aliphatic carboxylic acids is 1. The molecule has 1 aromatic rings. The van der Waals surface area contributed by atoms with Gasteiger partial charge in [0.05, 0.1) is 11.6 Å². The first-order valence-corrected chi connectivity index (χ1v) is 10.3. The molecular weight excluding hydrogens is 364 g/mol. The molecule has 1 atom stereocenters. The van der Waals surface area contributed by atoms with Gasteiger partial charge in [0.1, 0.15) is 4.90 Å². The Hall–Kier alpha value is -1.15. The van der Waals surface area contributed by atoms with Gasteiger partial charge in [0, 0.05) is 13.1 Å². The van der Waals surface area contributed by atoms with Gasteiger partial charge in [-0.3, -0.25) is 4.79 Å². The van der Waals surface area contributed by atoms with Crippen molar-refractivity contribution < 1.29 is 18.3 Å². The summed E-state index contributed by atoms with van der Waals surface area (Å²) in [5.74, 6) is -0.618. The van der Waals surface area contributed by atoms with E-state index in [9.17, 15) is 13.2 Å². The number of nitrogens with zero attached hydrogens (tertiary/aromatic N) is 1. The Balaban J connectivity index is 2.16. The van der Waals surface area contributed by atoms with Gasteiger partial charge in [-0.15, -0.1) is 0 Å². The minimum atomic E-state index is -3.67. The fourth-order valence-corrected chi connectivity index (χ4v) is 5.08. The van der Waals surface area contributed by atoms with Gasteiger partial charge in [-0.05, 0) is 48.9 Å². The van der Waals surface area contributed by atoms with Crippen LogP contribution in [0.15, 0.2) is 23.1 Å². The second kappa shape index (κ2) is 8.49. The maximum absolute atomic E-state index is 13.0. The molecule has 1 aliphatic heterocycles. The molecule has 1 fully saturated rings. The summed E-state index contributed by atoms with van der Waals surface area (Å²) in [7, 11) is -3.67. The molecule has 0 bridgehead atoms. The predicted molar refractivity (Wildman–Crippen MR) is 97.5 cm³/mol. The van der Waals surface area contributed by atoms with Crippen LogP contribution in [0.2, 0.25) is 5.02 Å². The van der Waals surface area contributed by atoms with Crippen LogP contribution in [0.3, 0.4) is 0 Å². The topological polar surface area (TPSA) is 86.7 Å². The summed E-state index contributed by atoms with van der Waals surface area (Å²) >= 11 is 6.18. The predicted octanol–water partition coefficient (Wildman–Crippen LogP) is 2.54. The lowest BCUT2D eigenvalue weighted by molar-refractivity contribution is -0.136. The summed E-state index contributed by atoms with van der Waals surface area (Å²) in [4.78, 5) is 10.7. The third-order valence-corrected chi connectivity index (χ3v) is 6.78. The summed E-state index contributed by atoms with van der Waals surface area (Å²) in [5.41, 5.74) is 0.930. The average molecular weight is 389 g/mol. The van der Waals surface area contributed by atoms with Crippen LogP contribution in [0.5, 0.6) is 0 Å². The van der Waals surface area contributed by atoms with E-state index in [4.69, 9.17) is 16.7 Å². The molecule has 0 radical (unpaired) electrons. The zero-order valence-corrected chi connectivity index (χ0v) is 16.1. The highest BCUT2D eigenvalue weighted by Gasteiger charge is 2.31. The van der Waals surface area contributed by atoms with Gasteiger partial charge in [0.15, 0.2) is 0 Å². The third kappa shape index (κ3) is 5.17. The molecule has 0 saturated carbocycles. The van der Waals surface area contributed by atoms with Crippen molar-refractivity contribution in [3.05, 3.63) is 28.8 Å². The SMILES string of the molecule is CC(C)c1ccc(Cl)c(S(=O)(=O)N2CCCC(CNCC(=O)O)C2)c1. The highest BCUT2D eigenvalue weighted by atomic mass is 35.5. The fraction of sp³-hybridized carbons (Fsp3) is 0.588. The zero-order valence-electron chi connectivity index (χ0n) is 14.5. The summed E-state index contributed by atoms with van der Waals surface area (Å²) in [6.07, 6.45) is 1.62. The minimum Gasteiger partial charge on any atom is -0.480 e. The maximum atomic E-state index is 13.0. The Labute approximate surface area is 154 Å². The van der Waals surface area contributed by atoms with E-state index in [1.54, 1.807) is 12.1 Å². The zero-order chi connectivity index (χ0) is 18.6. The second-order valence-corrected chi connectivity index (χ2v) is 9.05. The largest absolute Gasteiger partial charge is 0.480 e. The van der Waals surface area contributed by atoms with Crippen LogP contribution in [0.4, 0.5) is 0 Å². The monoisotopic (exact) mass is 388 g/mol. The molecule has 1 heterocycles. The van der Waals surface area contributed by atoms with Gasteiger partial charge >= 0.3 is 5.97 Å². The number of carboxylic acid groups (broad SMARTS) is 1. The van der Waals surface area contributed by atoms with Crippen LogP contribution in [0.1, 0.15) is 38.2 Å². The highest BCUT2D eigenvalue weighted by Crippen LogP contribution is 2.30. The molecule has 140 valence electrons. The Morgan fingerprint density at radius 2 is 2.16 bits per heavy atom. The normalized spacial score (nSPS) is 19.3. The third-order valence-electron chi connectivity index (χ3n) is 4.43. The molecule has 1 saturated heterocycles. The number of hydrogen-bond acceptors (Lipinski definition) is 4. The van der Waals surface area contributed by atoms with E-state index in [2.05, 4.69) is 5.32 Å². The lowest BCUT2D eigenvalue weighted by Crippen LogP contribution is -2.43. The Kier molecular flexibility index (Phi) is 6.85. The van der Waals surface area contributed by atoms with Gasteiger partial charge in [-0.1, -0.05) is 31.5 Å². The fourth-order valence-electron chi connectivity index (χ4n) is 3.01. The van der Waals surface area contributed by atoms with E-state index in [0.717, 1.165) is 18.4 Å². The Morgan fingerprint density at radius 3 is 2.80 bits per heavy atom. The van der Waals surface area contributed by atoms with Crippen LogP contribution in [0.25, 0.3) is 0 Å². The van der Waals surface area contributed by atoms with Crippen molar-refractivity contribution in [2.24, 2.45) is 5.92 Å². The van der Waals surface area contributed by atoms with Crippen LogP contribution in [-0.4, -0.2) is 50.0 Å². The smallest absolute Gasteiger partial charge is 0.317 e. The van der Waals surface area contributed by atoms with Crippen molar-refractivity contribution in [3.63, 3.8) is 0 Å². The molecule has 1 unspecified atom stereocenters. The number of nitrogens with one attached hydrogen (secondary N) is 1. The maximum Gasteiger partial charge on any atom is 0.317 e. The highest BCUT2D eigenvalue weighted by molar-refractivity contribution is 7.89. The van der Waals surface area contributed by atoms with Gasteiger partial charge in [-0.2, -0.15) is 4.31 Å². The lowest BCUT2D eigenvalue weighted by atomic mass is 10.00. The van der Waals surface area contributed by atoms with E-state index in [0.29, 0.717) is 19.6 Å². The number of piperidine rings is 1. The molecule has 8 heteroatoms. The number of hydrogen-bond donors (Lipinski definition) is 2. The standard InChI is InChI=1S/C17H25ClN2O4S/c1-12(2)14-5-6-15(18)16(8-14)25(23,24)20-7-3-4-13(11-20)9-19-10-17(21)22/h5-6,8,12-13,19H,3-4,7,9-11H2,1-2H3,(H,21,22). The summed E-state index contributed by atoms with van der Waals surface area (Å²) < 4.78 is 27.5. The molecule has 6 nitrogen and oxygen atoms in total. The van der Waals surface area contributed by atoms with Crippen LogP contribution < -0.4 is 5.32 Å². The van der Waals surface area contributed by atoms with Crippen LogP contribution in [0, 0.1) is 5.92 Å². The van der Waals surface area contributed by atoms with Crippen LogP contribution >= 0.6 is 11.6 Å². The lowest BCUT2D eigenvalue weighted by Gasteiger charge is -2.32. The number of benzene rings is 1. The van der Waals surface area contributed by atoms with Crippen molar-refractivity contribution in [2.75, 3.05) is 26.2 Å². The molecule has 1 aliphatic rings. The molecule has 1 aromatic carbocycles. The minimum absolute atomic E-state index is 0.0925. The molecule has 0 aromatic heterocycles. The summed E-state index contributed by atoms with van der Waals surface area (Å²) in [6, 6.07) is 5.15. The molecule has 2 rings (SSSR count). The number of sulfonamides is 1. The van der Waals surface area contributed by atoms with Gasteiger partial charge in [0.25, 0.3) is 0 Å². The van der Waals surface area contributed by atoms with E-state index < -0.39 is 16.0 Å². The molecule has 0 aliphatic carbocycles. The molecule has 0 spiro atoms. The molecule has 2 N–H and O–H groups in total. The first kappa shape index (κ1) is 20.2. The first-order valence-electron chi connectivity index (χ1n) is 8.44. The van der Waals surface area contributed by atoms with E-state index >= 15 is 0 Å². The van der Waals surface area contributed by atoms with E-state index in [1.165, 1.54) is 4.31 Å². The number of rotatable bonds is 7. The van der Waals surface area contributed by atoms with Crippen molar-refractivity contribution in [1.29, 1.82) is 0 Å². The Morgan fingerprint density at radius 1 is 1.44 bits per heavy atom. The van der Waals surface area contributed by atoms with Crippen LogP contribution in [-0.2, 0) is 14.8 Å². The molecule has 0 amide bonds. The number of carboxylic acids is 1. The number of carbonyl (C=O) groups is 1. The van der Waals surface area contributed by atoms with Crippen molar-refractivity contribution in [2.45, 2.75) is 37.5 Å². The van der Waals surface area contributed by atoms with E-state index in [-0.39, 0.29) is 28.3 Å². The number of halogens is 1. The Bertz CT molecular complexity index is 721. The van der Waals surface area contributed by atoms with Gasteiger partial charge in [0.2, 0.25) is 10.0 Å². The average Bonchev–Trinajstić information content (AvgIpc) is 2.54. The molecular formula is C17H25ClN2O4S.